The summed E-state index contributed by atoms with van der Waals surface area (Å²) in [6.45, 7) is 4.43. The molecule has 6 nitrogen and oxygen atoms in total. The predicted octanol–water partition coefficient (Wildman–Crippen LogP) is 4.37. The lowest BCUT2D eigenvalue weighted by Gasteiger charge is -2.26. The molecule has 0 bridgehead atoms. The average molecular weight is 420 g/mol. The third-order valence-corrected chi connectivity index (χ3v) is 6.24. The summed E-state index contributed by atoms with van der Waals surface area (Å²) in [5, 5.41) is 6.29. The molecule has 1 aromatic heterocycles. The Morgan fingerprint density at radius 3 is 2.35 bits per heavy atom. The van der Waals surface area contributed by atoms with Crippen molar-refractivity contribution in [1.82, 2.24) is 14.8 Å². The van der Waals surface area contributed by atoms with Gasteiger partial charge in [0.05, 0.1) is 5.21 Å². The highest BCUT2D eigenvalue weighted by Gasteiger charge is 2.33. The molecule has 0 saturated heterocycles. The SMILES string of the molecule is CCCCCCCCc1c[n+](-c2ccc3c4c(cccc24)C(=O)N(CC)C3=O)nn1C. The molecule has 2 amide bonds. The zero-order valence-corrected chi connectivity index (χ0v) is 18.7. The van der Waals surface area contributed by atoms with Crippen molar-refractivity contribution in [3.8, 4) is 5.69 Å². The Morgan fingerprint density at radius 1 is 0.903 bits per heavy atom. The van der Waals surface area contributed by atoms with Gasteiger partial charge in [0.15, 0.2) is 17.6 Å². The Balaban J connectivity index is 1.65. The molecule has 2 heterocycles. The van der Waals surface area contributed by atoms with Gasteiger partial charge in [0, 0.05) is 34.9 Å². The summed E-state index contributed by atoms with van der Waals surface area (Å²) in [5.74, 6) is -0.449. The van der Waals surface area contributed by atoms with Gasteiger partial charge < -0.3 is 0 Å². The molecular formula is C25H31N4O2+. The Bertz CT molecular complexity index is 1110. The third kappa shape index (κ3) is 3.87. The lowest BCUT2D eigenvalue weighted by atomic mass is 9.93. The molecule has 6 heteroatoms. The summed E-state index contributed by atoms with van der Waals surface area (Å²) in [6.07, 6.45) is 10.6. The standard InChI is InChI=1S/C25H31N4O2/c1-4-6-7-8-9-10-12-18-17-29(26-27(18)3)22-16-15-21-23-19(22)13-11-14-20(23)24(30)28(5-2)25(21)31/h11,13-17H,4-10,12H2,1-3H3/q+1. The van der Waals surface area contributed by atoms with Gasteiger partial charge in [-0.3, -0.25) is 14.5 Å². The van der Waals surface area contributed by atoms with Crippen molar-refractivity contribution in [3.05, 3.63) is 53.3 Å². The Hall–Kier alpha value is -3.02. The van der Waals surface area contributed by atoms with E-state index in [1.807, 2.05) is 47.6 Å². The Morgan fingerprint density at radius 2 is 1.61 bits per heavy atom. The van der Waals surface area contributed by atoms with Crippen LogP contribution in [0, 0.1) is 0 Å². The van der Waals surface area contributed by atoms with Gasteiger partial charge in [-0.25, -0.2) is 0 Å². The number of hydrogen-bond donors (Lipinski definition) is 0. The van der Waals surface area contributed by atoms with Crippen molar-refractivity contribution < 1.29 is 14.3 Å². The predicted molar refractivity (Wildman–Crippen MR) is 120 cm³/mol. The van der Waals surface area contributed by atoms with E-state index in [9.17, 15) is 9.59 Å². The maximum absolute atomic E-state index is 12.8. The minimum absolute atomic E-state index is 0.225. The van der Waals surface area contributed by atoms with Crippen LogP contribution in [0.3, 0.4) is 0 Å². The van der Waals surface area contributed by atoms with E-state index in [0.717, 1.165) is 29.3 Å². The van der Waals surface area contributed by atoms with Crippen molar-refractivity contribution in [2.24, 2.45) is 7.05 Å². The first-order chi connectivity index (χ1) is 15.1. The number of aryl methyl sites for hydroxylation is 2. The first-order valence-electron chi connectivity index (χ1n) is 11.4. The van der Waals surface area contributed by atoms with Crippen molar-refractivity contribution in [2.45, 2.75) is 58.8 Å². The summed E-state index contributed by atoms with van der Waals surface area (Å²) in [4.78, 5) is 27.0. The van der Waals surface area contributed by atoms with Crippen LogP contribution in [0.2, 0.25) is 0 Å². The molecule has 4 rings (SSSR count). The summed E-state index contributed by atoms with van der Waals surface area (Å²) in [5.41, 5.74) is 3.23. The molecule has 0 atom stereocenters. The highest BCUT2D eigenvalue weighted by atomic mass is 16.2. The van der Waals surface area contributed by atoms with E-state index < -0.39 is 0 Å². The first-order valence-corrected chi connectivity index (χ1v) is 11.4. The highest BCUT2D eigenvalue weighted by Crippen LogP contribution is 2.32. The summed E-state index contributed by atoms with van der Waals surface area (Å²) in [7, 11) is 1.97. The van der Waals surface area contributed by atoms with Gasteiger partial charge in [-0.15, -0.1) is 9.36 Å². The highest BCUT2D eigenvalue weighted by molar-refractivity contribution is 6.26. The van der Waals surface area contributed by atoms with Crippen LogP contribution in [-0.2, 0) is 13.5 Å². The zero-order chi connectivity index (χ0) is 22.0. The quantitative estimate of drug-likeness (QED) is 0.294. The molecule has 0 saturated carbocycles. The molecule has 0 radical (unpaired) electrons. The van der Waals surface area contributed by atoms with Crippen molar-refractivity contribution in [2.75, 3.05) is 6.54 Å². The van der Waals surface area contributed by atoms with Crippen LogP contribution in [0.15, 0.2) is 36.5 Å². The fourth-order valence-electron chi connectivity index (χ4n) is 4.50. The number of nitrogens with zero attached hydrogens (tertiary/aromatic N) is 4. The van der Waals surface area contributed by atoms with Crippen LogP contribution in [0.4, 0.5) is 0 Å². The molecule has 3 aromatic rings. The Kier molecular flexibility index (Phi) is 6.16. The first kappa shape index (κ1) is 21.2. The number of unbranched alkanes of at least 4 members (excludes halogenated alkanes) is 5. The van der Waals surface area contributed by atoms with Crippen LogP contribution in [0.25, 0.3) is 16.5 Å². The van der Waals surface area contributed by atoms with Crippen LogP contribution in [-0.4, -0.2) is 33.2 Å². The molecule has 0 unspecified atom stereocenters. The molecule has 1 aliphatic heterocycles. The van der Waals surface area contributed by atoms with E-state index in [-0.39, 0.29) is 11.8 Å². The maximum atomic E-state index is 12.8. The molecule has 162 valence electrons. The Labute approximate surface area is 183 Å². The molecule has 0 aliphatic carbocycles. The zero-order valence-electron chi connectivity index (χ0n) is 18.7. The van der Waals surface area contributed by atoms with E-state index in [1.54, 1.807) is 6.07 Å². The molecule has 0 fully saturated rings. The molecule has 0 N–H and O–H groups in total. The van der Waals surface area contributed by atoms with Crippen molar-refractivity contribution >= 4 is 22.6 Å². The smallest absolute Gasteiger partial charge is 0.261 e. The fraction of sp³-hybridized carbons (Fsp3) is 0.440. The van der Waals surface area contributed by atoms with Crippen LogP contribution in [0.5, 0.6) is 0 Å². The minimum Gasteiger partial charge on any atom is -0.275 e. The number of aromatic nitrogens is 3. The average Bonchev–Trinajstić information content (AvgIpc) is 3.14. The van der Waals surface area contributed by atoms with Crippen LogP contribution in [0.1, 0.15) is 78.8 Å². The van der Waals surface area contributed by atoms with Crippen LogP contribution >= 0.6 is 0 Å². The topological polar surface area (TPSA) is 59.1 Å². The summed E-state index contributed by atoms with van der Waals surface area (Å²) in [6, 6.07) is 9.42. The number of carbonyl (C=O) groups is 2. The summed E-state index contributed by atoms with van der Waals surface area (Å²) >= 11 is 0. The van der Waals surface area contributed by atoms with Gasteiger partial charge in [0.1, 0.15) is 7.05 Å². The van der Waals surface area contributed by atoms with E-state index in [0.29, 0.717) is 17.7 Å². The van der Waals surface area contributed by atoms with Gasteiger partial charge in [-0.05, 0) is 37.6 Å². The number of hydrogen-bond acceptors (Lipinski definition) is 3. The van der Waals surface area contributed by atoms with E-state index >= 15 is 0 Å². The third-order valence-electron chi connectivity index (χ3n) is 6.24. The monoisotopic (exact) mass is 419 g/mol. The largest absolute Gasteiger partial charge is 0.275 e. The van der Waals surface area contributed by atoms with Crippen LogP contribution < -0.4 is 4.68 Å². The van der Waals surface area contributed by atoms with Gasteiger partial charge in [-0.2, -0.15) is 0 Å². The van der Waals surface area contributed by atoms with Gasteiger partial charge >= 0.3 is 0 Å². The molecule has 31 heavy (non-hydrogen) atoms. The normalized spacial score (nSPS) is 13.5. The number of benzene rings is 2. The number of amides is 2. The maximum Gasteiger partial charge on any atom is 0.261 e. The minimum atomic E-state index is -0.225. The summed E-state index contributed by atoms with van der Waals surface area (Å²) < 4.78 is 3.80. The molecular weight excluding hydrogens is 388 g/mol. The van der Waals surface area contributed by atoms with Crippen molar-refractivity contribution in [1.29, 1.82) is 0 Å². The number of imide groups is 1. The fourth-order valence-corrected chi connectivity index (χ4v) is 4.50. The van der Waals surface area contributed by atoms with E-state index in [2.05, 4.69) is 18.3 Å². The van der Waals surface area contributed by atoms with E-state index in [1.165, 1.54) is 42.7 Å². The van der Waals surface area contributed by atoms with Gasteiger partial charge in [-0.1, -0.05) is 45.1 Å². The van der Waals surface area contributed by atoms with Gasteiger partial charge in [0.2, 0.25) is 0 Å². The second kappa shape index (κ2) is 9.00. The van der Waals surface area contributed by atoms with Crippen molar-refractivity contribution in [3.63, 3.8) is 0 Å². The molecule has 2 aromatic carbocycles. The second-order valence-corrected chi connectivity index (χ2v) is 8.31. The molecule has 1 aliphatic rings. The lowest BCUT2D eigenvalue weighted by molar-refractivity contribution is -0.660. The van der Waals surface area contributed by atoms with E-state index in [4.69, 9.17) is 0 Å². The number of rotatable bonds is 9. The number of carbonyl (C=O) groups excluding carboxylic acids is 2. The lowest BCUT2D eigenvalue weighted by Crippen LogP contribution is -2.40. The molecule has 0 spiro atoms. The van der Waals surface area contributed by atoms with Gasteiger partial charge in [0.25, 0.3) is 11.8 Å². The second-order valence-electron chi connectivity index (χ2n) is 8.31.